The Morgan fingerprint density at radius 2 is 1.89 bits per heavy atom. The molecule has 0 aromatic heterocycles. The van der Waals surface area contributed by atoms with Gasteiger partial charge in [-0.1, -0.05) is 0 Å². The fourth-order valence-corrected chi connectivity index (χ4v) is 1.18. The van der Waals surface area contributed by atoms with Gasteiger partial charge in [0.1, 0.15) is 18.2 Å². The van der Waals surface area contributed by atoms with Crippen LogP contribution in [-0.2, 0) is 14.3 Å². The van der Waals surface area contributed by atoms with Crippen LogP contribution >= 0.6 is 0 Å². The number of carboxylic acid groups (broad SMARTS) is 1. The van der Waals surface area contributed by atoms with Crippen LogP contribution in [0.4, 0.5) is 0 Å². The van der Waals surface area contributed by atoms with Crippen LogP contribution in [0.2, 0.25) is 0 Å². The van der Waals surface area contributed by atoms with Crippen LogP contribution in [0.25, 0.3) is 0 Å². The zero-order chi connectivity index (χ0) is 15.0. The van der Waals surface area contributed by atoms with Gasteiger partial charge in [-0.25, -0.2) is 0 Å². The Bertz CT molecular complexity index is 343. The van der Waals surface area contributed by atoms with Crippen molar-refractivity contribution in [3.63, 3.8) is 0 Å². The molecule has 0 aliphatic heterocycles. The smallest absolute Gasteiger partial charge is 0.324 e. The fourth-order valence-electron chi connectivity index (χ4n) is 1.18. The van der Waals surface area contributed by atoms with Crippen molar-refractivity contribution in [3.8, 4) is 0 Å². The van der Waals surface area contributed by atoms with E-state index in [1.165, 1.54) is 6.92 Å². The summed E-state index contributed by atoms with van der Waals surface area (Å²) in [5.74, 6) is -1.98. The Morgan fingerprint density at radius 1 is 1.32 bits per heavy atom. The average molecular weight is 275 g/mol. The molecule has 0 radical (unpaired) electrons. The summed E-state index contributed by atoms with van der Waals surface area (Å²) in [5.41, 5.74) is 21.1. The molecule has 0 bridgehead atoms. The predicted octanol–water partition coefficient (Wildman–Crippen LogP) is -2.29. The van der Waals surface area contributed by atoms with E-state index in [4.69, 9.17) is 32.8 Å². The van der Waals surface area contributed by atoms with E-state index in [1.807, 2.05) is 0 Å². The summed E-state index contributed by atoms with van der Waals surface area (Å²) < 4.78 is 4.86. The predicted molar refractivity (Wildman–Crippen MR) is 69.1 cm³/mol. The molecule has 0 aliphatic rings. The molecule has 0 aromatic rings. The first-order valence-corrected chi connectivity index (χ1v) is 5.75. The van der Waals surface area contributed by atoms with E-state index in [2.05, 4.69) is 4.99 Å². The second-order valence-electron chi connectivity index (χ2n) is 4.06. The van der Waals surface area contributed by atoms with Gasteiger partial charge >= 0.3 is 11.9 Å². The topological polar surface area (TPSA) is 180 Å². The zero-order valence-electron chi connectivity index (χ0n) is 10.8. The number of hydrogen-bond donors (Lipinski definition) is 5. The van der Waals surface area contributed by atoms with Crippen LogP contribution in [0.3, 0.4) is 0 Å². The second kappa shape index (κ2) is 8.27. The molecule has 0 rings (SSSR count). The molecule has 9 heteroatoms. The van der Waals surface area contributed by atoms with Gasteiger partial charge in [-0.15, -0.1) is 0 Å². The maximum Gasteiger partial charge on any atom is 0.324 e. The van der Waals surface area contributed by atoms with Gasteiger partial charge in [0.15, 0.2) is 5.96 Å². The molecule has 3 atom stereocenters. The maximum absolute atomic E-state index is 11.5. The van der Waals surface area contributed by atoms with Gasteiger partial charge in [-0.2, -0.15) is 0 Å². The molecule has 0 unspecified atom stereocenters. The van der Waals surface area contributed by atoms with Crippen LogP contribution in [0.5, 0.6) is 0 Å². The van der Waals surface area contributed by atoms with Gasteiger partial charge in [0.2, 0.25) is 0 Å². The Kier molecular flexibility index (Phi) is 7.46. The van der Waals surface area contributed by atoms with E-state index in [1.54, 1.807) is 0 Å². The molecule has 0 saturated heterocycles. The summed E-state index contributed by atoms with van der Waals surface area (Å²) in [5, 5.41) is 8.64. The van der Waals surface area contributed by atoms with Crippen molar-refractivity contribution in [2.75, 3.05) is 6.54 Å². The van der Waals surface area contributed by atoms with Crippen molar-refractivity contribution in [2.45, 2.75) is 38.0 Å². The molecule has 9 N–H and O–H groups in total. The largest absolute Gasteiger partial charge is 0.480 e. The van der Waals surface area contributed by atoms with E-state index in [0.717, 1.165) is 0 Å². The molecule has 0 fully saturated rings. The molecule has 19 heavy (non-hydrogen) atoms. The molecule has 0 saturated carbocycles. The van der Waals surface area contributed by atoms with Gasteiger partial charge in [-0.3, -0.25) is 14.6 Å². The second-order valence-corrected chi connectivity index (χ2v) is 4.06. The van der Waals surface area contributed by atoms with Crippen LogP contribution in [0.1, 0.15) is 19.8 Å². The van der Waals surface area contributed by atoms with Gasteiger partial charge in [0.25, 0.3) is 0 Å². The van der Waals surface area contributed by atoms with Crippen molar-refractivity contribution in [2.24, 2.45) is 27.9 Å². The Balaban J connectivity index is 4.06. The highest BCUT2D eigenvalue weighted by Crippen LogP contribution is 2.03. The zero-order valence-corrected chi connectivity index (χ0v) is 10.8. The van der Waals surface area contributed by atoms with E-state index >= 15 is 0 Å². The van der Waals surface area contributed by atoms with Crippen LogP contribution in [-0.4, -0.2) is 47.7 Å². The highest BCUT2D eigenvalue weighted by atomic mass is 16.5. The number of carboxylic acids is 1. The Labute approximate surface area is 111 Å². The lowest BCUT2D eigenvalue weighted by atomic mass is 10.1. The number of carbonyl (C=O) groups is 2. The number of guanidine groups is 1. The van der Waals surface area contributed by atoms with Crippen molar-refractivity contribution in [1.29, 1.82) is 0 Å². The molecule has 0 amide bonds. The number of ether oxygens (including phenoxy) is 1. The van der Waals surface area contributed by atoms with Gasteiger partial charge in [0.05, 0.1) is 0 Å². The minimum atomic E-state index is -1.28. The first-order valence-electron chi connectivity index (χ1n) is 5.75. The van der Waals surface area contributed by atoms with Gasteiger partial charge in [0, 0.05) is 6.54 Å². The summed E-state index contributed by atoms with van der Waals surface area (Å²) in [6, 6.07) is -2.14. The maximum atomic E-state index is 11.5. The van der Waals surface area contributed by atoms with Crippen molar-refractivity contribution in [1.82, 2.24) is 0 Å². The third-order valence-corrected chi connectivity index (χ3v) is 2.36. The van der Waals surface area contributed by atoms with E-state index in [0.29, 0.717) is 19.4 Å². The van der Waals surface area contributed by atoms with Gasteiger partial charge in [-0.05, 0) is 19.8 Å². The number of rotatable bonds is 8. The quantitative estimate of drug-likeness (QED) is 0.142. The molecule has 0 spiro atoms. The lowest BCUT2D eigenvalue weighted by Gasteiger charge is -2.19. The van der Waals surface area contributed by atoms with E-state index in [9.17, 15) is 9.59 Å². The number of nitrogens with two attached hydrogens (primary N) is 4. The molecular formula is C10H21N5O4. The average Bonchev–Trinajstić information content (AvgIpc) is 2.32. The summed E-state index contributed by atoms with van der Waals surface area (Å²) in [6.07, 6.45) is -0.119. The lowest BCUT2D eigenvalue weighted by molar-refractivity contribution is -0.154. The highest BCUT2D eigenvalue weighted by Gasteiger charge is 2.25. The Hall–Kier alpha value is -1.87. The number of aliphatic imine (C=N–C) groups is 1. The normalized spacial score (nSPS) is 15.1. The minimum absolute atomic E-state index is 0.0304. The molecule has 9 nitrogen and oxygen atoms in total. The third-order valence-electron chi connectivity index (χ3n) is 2.36. The number of carbonyl (C=O) groups excluding carboxylic acids is 1. The third kappa shape index (κ3) is 7.21. The molecule has 0 aliphatic carbocycles. The highest BCUT2D eigenvalue weighted by molar-refractivity contribution is 5.78. The fraction of sp³-hybridized carbons (Fsp3) is 0.700. The van der Waals surface area contributed by atoms with Crippen molar-refractivity contribution in [3.05, 3.63) is 0 Å². The summed E-state index contributed by atoms with van der Waals surface area (Å²) in [4.78, 5) is 25.8. The monoisotopic (exact) mass is 275 g/mol. The standard InChI is InChI=1S/C10H21N5O4/c1-5(7(12)8(16)17)19-9(18)6(11)3-2-4-15-10(13)14/h5-7H,2-4,11-12H2,1H3,(H,16,17)(H4,13,14,15)/t5-,6+,7+/m1/s1. The SMILES string of the molecule is C[C@@H](OC(=O)[C@@H](N)CCCN=C(N)N)[C@H](N)C(=O)O. The Morgan fingerprint density at radius 3 is 2.37 bits per heavy atom. The van der Waals surface area contributed by atoms with Crippen molar-refractivity contribution >= 4 is 17.9 Å². The van der Waals surface area contributed by atoms with Crippen molar-refractivity contribution < 1.29 is 19.4 Å². The van der Waals surface area contributed by atoms with Crippen LogP contribution < -0.4 is 22.9 Å². The lowest BCUT2D eigenvalue weighted by Crippen LogP contribution is -2.45. The number of hydrogen-bond acceptors (Lipinski definition) is 6. The van der Waals surface area contributed by atoms with E-state index < -0.39 is 30.1 Å². The molecule has 0 aromatic carbocycles. The number of nitrogens with zero attached hydrogens (tertiary/aromatic N) is 1. The molecule has 0 heterocycles. The van der Waals surface area contributed by atoms with E-state index in [-0.39, 0.29) is 5.96 Å². The van der Waals surface area contributed by atoms with Crippen LogP contribution in [0, 0.1) is 0 Å². The summed E-state index contributed by atoms with van der Waals surface area (Å²) in [7, 11) is 0. The summed E-state index contributed by atoms with van der Waals surface area (Å²) >= 11 is 0. The van der Waals surface area contributed by atoms with Gasteiger partial charge < -0.3 is 32.8 Å². The molecular weight excluding hydrogens is 254 g/mol. The number of esters is 1. The molecule has 110 valence electrons. The minimum Gasteiger partial charge on any atom is -0.480 e. The number of aliphatic carboxylic acids is 1. The summed E-state index contributed by atoms with van der Waals surface area (Å²) in [6.45, 7) is 1.75. The van der Waals surface area contributed by atoms with Crippen LogP contribution in [0.15, 0.2) is 4.99 Å². The first kappa shape index (κ1) is 17.1. The first-order chi connectivity index (χ1) is 8.75.